The summed E-state index contributed by atoms with van der Waals surface area (Å²) in [5.41, 5.74) is 1.24. The Labute approximate surface area is 161 Å². The number of hydrogen-bond acceptors (Lipinski definition) is 6. The van der Waals surface area contributed by atoms with E-state index >= 15 is 0 Å². The lowest BCUT2D eigenvalue weighted by molar-refractivity contribution is -0.0337. The second kappa shape index (κ2) is 11.4. The standard InChI is InChI=1S/C15H16O2.C5H8O4S/c1-3-12-9-10-14(15(11-12)16-2)17-13-7-5-4-6-8-13;6-10(7)4-1-5-8-2-3-9-5/h4-11H,3H2,1-2H3;4-5H,1-3H2. The SMILES string of the molecule is CCc1ccc(Oc2ccccc2)c(OC)c1.O=S(=O)=CCC1OCCO1. The fraction of sp³-hybridized carbons (Fsp3) is 0.350. The normalized spacial score (nSPS) is 13.4. The summed E-state index contributed by atoms with van der Waals surface area (Å²) in [5.74, 6) is 2.33. The molecule has 0 saturated carbocycles. The quantitative estimate of drug-likeness (QED) is 0.701. The highest BCUT2D eigenvalue weighted by molar-refractivity contribution is 7.71. The molecule has 6 nitrogen and oxygen atoms in total. The zero-order chi connectivity index (χ0) is 19.5. The fourth-order valence-corrected chi connectivity index (χ4v) is 2.65. The number of benzene rings is 2. The van der Waals surface area contributed by atoms with Crippen LogP contribution in [-0.4, -0.2) is 40.4 Å². The number of para-hydroxylation sites is 1. The van der Waals surface area contributed by atoms with Crippen molar-refractivity contribution >= 4 is 15.7 Å². The molecule has 0 spiro atoms. The van der Waals surface area contributed by atoms with E-state index < -0.39 is 10.3 Å². The van der Waals surface area contributed by atoms with E-state index in [2.05, 4.69) is 13.0 Å². The lowest BCUT2D eigenvalue weighted by Crippen LogP contribution is -2.07. The number of ether oxygens (including phenoxy) is 4. The van der Waals surface area contributed by atoms with Crippen LogP contribution in [0.25, 0.3) is 0 Å². The van der Waals surface area contributed by atoms with Gasteiger partial charge in [0.1, 0.15) is 5.75 Å². The third kappa shape index (κ3) is 7.42. The molecule has 0 unspecified atom stereocenters. The molecule has 1 aliphatic rings. The van der Waals surface area contributed by atoms with Crippen molar-refractivity contribution < 1.29 is 27.4 Å². The summed E-state index contributed by atoms with van der Waals surface area (Å²) >= 11 is 0. The van der Waals surface area contributed by atoms with Crippen LogP contribution in [0.2, 0.25) is 0 Å². The molecule has 2 aromatic rings. The molecule has 1 heterocycles. The molecule has 7 heteroatoms. The van der Waals surface area contributed by atoms with Crippen molar-refractivity contribution in [1.82, 2.24) is 0 Å². The van der Waals surface area contributed by atoms with Crippen LogP contribution in [-0.2, 0) is 26.2 Å². The first-order valence-electron chi connectivity index (χ1n) is 8.66. The van der Waals surface area contributed by atoms with Gasteiger partial charge in [-0.2, -0.15) is 8.42 Å². The Morgan fingerprint density at radius 2 is 1.78 bits per heavy atom. The van der Waals surface area contributed by atoms with Crippen LogP contribution in [0.3, 0.4) is 0 Å². The molecule has 3 rings (SSSR count). The van der Waals surface area contributed by atoms with E-state index in [1.807, 2.05) is 42.5 Å². The smallest absolute Gasteiger partial charge is 0.210 e. The molecule has 0 bridgehead atoms. The van der Waals surface area contributed by atoms with Crippen molar-refractivity contribution in [2.75, 3.05) is 20.3 Å². The highest BCUT2D eigenvalue weighted by Gasteiger charge is 2.13. The molecule has 1 aliphatic heterocycles. The molecule has 146 valence electrons. The van der Waals surface area contributed by atoms with E-state index in [1.54, 1.807) is 7.11 Å². The second-order valence-electron chi connectivity index (χ2n) is 5.59. The summed E-state index contributed by atoms with van der Waals surface area (Å²) < 4.78 is 41.0. The predicted octanol–water partition coefficient (Wildman–Crippen LogP) is 3.48. The minimum Gasteiger partial charge on any atom is -0.493 e. The summed E-state index contributed by atoms with van der Waals surface area (Å²) in [4.78, 5) is 0. The van der Waals surface area contributed by atoms with Gasteiger partial charge in [0.05, 0.1) is 20.3 Å². The fourth-order valence-electron chi connectivity index (χ4n) is 2.33. The first kappa shape index (κ1) is 21.0. The average molecular weight is 392 g/mol. The highest BCUT2D eigenvalue weighted by atomic mass is 32.2. The van der Waals surface area contributed by atoms with E-state index in [1.165, 1.54) is 5.56 Å². The van der Waals surface area contributed by atoms with Crippen molar-refractivity contribution in [2.45, 2.75) is 26.1 Å². The van der Waals surface area contributed by atoms with Crippen LogP contribution >= 0.6 is 0 Å². The number of aryl methyl sites for hydroxylation is 1. The van der Waals surface area contributed by atoms with Gasteiger partial charge in [0.2, 0.25) is 10.3 Å². The Morgan fingerprint density at radius 1 is 1.07 bits per heavy atom. The molecule has 0 aliphatic carbocycles. The van der Waals surface area contributed by atoms with Crippen LogP contribution in [0.1, 0.15) is 18.9 Å². The molecule has 27 heavy (non-hydrogen) atoms. The molecule has 2 aromatic carbocycles. The molecule has 0 atom stereocenters. The van der Waals surface area contributed by atoms with Gasteiger partial charge in [-0.1, -0.05) is 31.2 Å². The maximum atomic E-state index is 9.99. The molecular weight excluding hydrogens is 368 g/mol. The molecule has 1 fully saturated rings. The maximum Gasteiger partial charge on any atom is 0.210 e. The lowest BCUT2D eigenvalue weighted by Gasteiger charge is -2.11. The van der Waals surface area contributed by atoms with Gasteiger partial charge >= 0.3 is 0 Å². The molecule has 0 N–H and O–H groups in total. The molecular formula is C20H24O6S. The number of methoxy groups -OCH3 is 1. The largest absolute Gasteiger partial charge is 0.493 e. The van der Waals surface area contributed by atoms with Crippen LogP contribution in [0, 0.1) is 0 Å². The monoisotopic (exact) mass is 392 g/mol. The molecule has 1 saturated heterocycles. The zero-order valence-electron chi connectivity index (χ0n) is 15.5. The Bertz CT molecular complexity index is 819. The molecule has 0 aromatic heterocycles. The maximum absolute atomic E-state index is 9.99. The number of hydrogen-bond donors (Lipinski definition) is 0. The molecule has 0 amide bonds. The predicted molar refractivity (Wildman–Crippen MR) is 104 cm³/mol. The van der Waals surface area contributed by atoms with Gasteiger partial charge in [0.25, 0.3) is 0 Å². The van der Waals surface area contributed by atoms with Gasteiger partial charge in [-0.05, 0) is 36.2 Å². The van der Waals surface area contributed by atoms with E-state index in [4.69, 9.17) is 18.9 Å². The minimum atomic E-state index is -2.10. The topological polar surface area (TPSA) is 71.1 Å². The summed E-state index contributed by atoms with van der Waals surface area (Å²) in [7, 11) is -0.437. The van der Waals surface area contributed by atoms with Gasteiger partial charge < -0.3 is 18.9 Å². The Morgan fingerprint density at radius 3 is 2.37 bits per heavy atom. The highest BCUT2D eigenvalue weighted by Crippen LogP contribution is 2.32. The Balaban J connectivity index is 0.000000223. The van der Waals surface area contributed by atoms with Gasteiger partial charge in [0, 0.05) is 11.8 Å². The minimum absolute atomic E-state index is 0.316. The van der Waals surface area contributed by atoms with Crippen molar-refractivity contribution in [3.63, 3.8) is 0 Å². The average Bonchev–Trinajstić information content (AvgIpc) is 3.22. The summed E-state index contributed by atoms with van der Waals surface area (Å²) in [5, 5.41) is 1.13. The first-order chi connectivity index (χ1) is 13.1. The summed E-state index contributed by atoms with van der Waals surface area (Å²) in [6, 6.07) is 15.7. The third-order valence-corrected chi connectivity index (χ3v) is 4.19. The van der Waals surface area contributed by atoms with Crippen molar-refractivity contribution in [3.8, 4) is 17.2 Å². The summed E-state index contributed by atoms with van der Waals surface area (Å²) in [6.45, 7) is 3.24. The van der Waals surface area contributed by atoms with Crippen LogP contribution in [0.5, 0.6) is 17.2 Å². The van der Waals surface area contributed by atoms with Crippen LogP contribution in [0.15, 0.2) is 48.5 Å². The van der Waals surface area contributed by atoms with Crippen molar-refractivity contribution in [3.05, 3.63) is 54.1 Å². The van der Waals surface area contributed by atoms with Gasteiger partial charge in [-0.15, -0.1) is 0 Å². The van der Waals surface area contributed by atoms with Crippen molar-refractivity contribution in [2.24, 2.45) is 0 Å². The van der Waals surface area contributed by atoms with Crippen LogP contribution < -0.4 is 9.47 Å². The zero-order valence-corrected chi connectivity index (χ0v) is 16.3. The number of rotatable bonds is 6. The Kier molecular flexibility index (Phi) is 8.83. The van der Waals surface area contributed by atoms with Gasteiger partial charge in [-0.25, -0.2) is 0 Å². The van der Waals surface area contributed by atoms with Crippen molar-refractivity contribution in [1.29, 1.82) is 0 Å². The van der Waals surface area contributed by atoms with E-state index in [-0.39, 0.29) is 6.29 Å². The first-order valence-corrected chi connectivity index (χ1v) is 9.80. The third-order valence-electron chi connectivity index (χ3n) is 3.72. The van der Waals surface area contributed by atoms with E-state index in [0.29, 0.717) is 19.6 Å². The van der Waals surface area contributed by atoms with Gasteiger partial charge in [0.15, 0.2) is 17.8 Å². The van der Waals surface area contributed by atoms with E-state index in [9.17, 15) is 8.42 Å². The molecule has 0 radical (unpaired) electrons. The van der Waals surface area contributed by atoms with Crippen LogP contribution in [0.4, 0.5) is 0 Å². The summed E-state index contributed by atoms with van der Waals surface area (Å²) in [6.07, 6.45) is 0.954. The second-order valence-corrected chi connectivity index (χ2v) is 6.44. The van der Waals surface area contributed by atoms with E-state index in [0.717, 1.165) is 29.0 Å². The Hall–Kier alpha value is -2.35. The van der Waals surface area contributed by atoms with Gasteiger partial charge in [-0.3, -0.25) is 0 Å². The lowest BCUT2D eigenvalue weighted by atomic mass is 10.1.